The van der Waals surface area contributed by atoms with E-state index in [4.69, 9.17) is 4.18 Å². The summed E-state index contributed by atoms with van der Waals surface area (Å²) in [6.45, 7) is 3.71. The van der Waals surface area contributed by atoms with Crippen LogP contribution in [0.3, 0.4) is 0 Å². The zero-order valence-corrected chi connectivity index (χ0v) is 8.56. The van der Waals surface area contributed by atoms with Crippen LogP contribution in [-0.2, 0) is 8.98 Å². The number of rotatable bonds is 4. The Kier molecular flexibility index (Phi) is 3.99. The van der Waals surface area contributed by atoms with Crippen molar-refractivity contribution in [2.24, 2.45) is 0 Å². The number of hydrogen-bond donors (Lipinski definition) is 0. The Bertz CT molecular complexity index is 279. The number of carbonyl (C=O) groups excluding carboxylic acids is 1. The molecule has 0 aliphatic rings. The van der Waals surface area contributed by atoms with Crippen LogP contribution < -0.4 is 0 Å². The number of Topliss-reactive ketones (excluding diaryl/α,β-unsaturated/α-hetero) is 1. The average molecular weight is 196 g/mol. The molecule has 0 bridgehead atoms. The van der Waals surface area contributed by atoms with Gasteiger partial charge in [0.25, 0.3) is 0 Å². The quantitative estimate of drug-likeness (QED) is 0.692. The summed E-state index contributed by atoms with van der Waals surface area (Å²) in [5.41, 5.74) is 1.22. The van der Waals surface area contributed by atoms with Gasteiger partial charge in [-0.05, 0) is 26.0 Å². The standard InChI is InChI=1S/C10H12O2S/c1-8-3-5-10(6-4-8)13-12-7-9(2)11/h3-6H,7H2,1-2H3. The van der Waals surface area contributed by atoms with Crippen LogP contribution in [0.4, 0.5) is 0 Å². The molecule has 1 rings (SSSR count). The maximum Gasteiger partial charge on any atom is 0.156 e. The maximum atomic E-state index is 10.5. The SMILES string of the molecule is CC(=O)COSc1ccc(C)cc1. The van der Waals surface area contributed by atoms with Crippen LogP contribution in [0.25, 0.3) is 0 Å². The van der Waals surface area contributed by atoms with Crippen LogP contribution in [-0.4, -0.2) is 12.4 Å². The number of carbonyl (C=O) groups is 1. The highest BCUT2D eigenvalue weighted by molar-refractivity contribution is 7.94. The topological polar surface area (TPSA) is 26.3 Å². The monoisotopic (exact) mass is 196 g/mol. The Morgan fingerprint density at radius 1 is 1.38 bits per heavy atom. The molecule has 0 saturated heterocycles. The second-order valence-electron chi connectivity index (χ2n) is 2.86. The fourth-order valence-corrected chi connectivity index (χ4v) is 1.38. The number of hydrogen-bond acceptors (Lipinski definition) is 3. The lowest BCUT2D eigenvalue weighted by Crippen LogP contribution is -1.98. The van der Waals surface area contributed by atoms with Crippen molar-refractivity contribution in [3.63, 3.8) is 0 Å². The van der Waals surface area contributed by atoms with Gasteiger partial charge >= 0.3 is 0 Å². The lowest BCUT2D eigenvalue weighted by Gasteiger charge is -2.00. The summed E-state index contributed by atoms with van der Waals surface area (Å²) in [6.07, 6.45) is 0. The molecule has 0 N–H and O–H groups in total. The summed E-state index contributed by atoms with van der Waals surface area (Å²) in [5, 5.41) is 0. The van der Waals surface area contributed by atoms with Gasteiger partial charge in [-0.2, -0.15) is 0 Å². The second kappa shape index (κ2) is 5.04. The Morgan fingerprint density at radius 3 is 2.54 bits per heavy atom. The van der Waals surface area contributed by atoms with Gasteiger partial charge in [-0.25, -0.2) is 0 Å². The third-order valence-corrected chi connectivity index (χ3v) is 2.14. The highest BCUT2D eigenvalue weighted by Crippen LogP contribution is 2.18. The van der Waals surface area contributed by atoms with Crippen LogP contribution >= 0.6 is 12.0 Å². The van der Waals surface area contributed by atoms with Crippen molar-refractivity contribution in [2.75, 3.05) is 6.61 Å². The minimum atomic E-state index is 0.0413. The van der Waals surface area contributed by atoms with Crippen LogP contribution in [0, 0.1) is 6.92 Å². The summed E-state index contributed by atoms with van der Waals surface area (Å²) < 4.78 is 5.09. The normalized spacial score (nSPS) is 10.0. The smallest absolute Gasteiger partial charge is 0.156 e. The molecule has 0 unspecified atom stereocenters. The molecular formula is C10H12O2S. The molecule has 2 nitrogen and oxygen atoms in total. The van der Waals surface area contributed by atoms with Crippen molar-refractivity contribution in [3.05, 3.63) is 29.8 Å². The highest BCUT2D eigenvalue weighted by atomic mass is 32.2. The Hall–Kier alpha value is -0.800. The maximum absolute atomic E-state index is 10.5. The first-order valence-electron chi connectivity index (χ1n) is 4.04. The fraction of sp³-hybridized carbons (Fsp3) is 0.300. The molecule has 0 saturated carbocycles. The Morgan fingerprint density at radius 2 is 2.00 bits per heavy atom. The molecule has 0 fully saturated rings. The molecule has 0 heterocycles. The Labute approximate surface area is 82.5 Å². The molecule has 0 aromatic heterocycles. The Balaban J connectivity index is 2.37. The molecule has 3 heteroatoms. The number of aryl methyl sites for hydroxylation is 1. The lowest BCUT2D eigenvalue weighted by molar-refractivity contribution is -0.118. The summed E-state index contributed by atoms with van der Waals surface area (Å²) in [7, 11) is 0. The van der Waals surface area contributed by atoms with Crippen LogP contribution in [0.5, 0.6) is 0 Å². The van der Waals surface area contributed by atoms with Gasteiger partial charge in [0.2, 0.25) is 0 Å². The molecule has 0 radical (unpaired) electrons. The zero-order chi connectivity index (χ0) is 9.68. The van der Waals surface area contributed by atoms with E-state index in [2.05, 4.69) is 0 Å². The molecule has 1 aromatic carbocycles. The first-order valence-corrected chi connectivity index (χ1v) is 4.78. The van der Waals surface area contributed by atoms with Crippen LogP contribution in [0.15, 0.2) is 29.2 Å². The van der Waals surface area contributed by atoms with Crippen molar-refractivity contribution >= 4 is 17.8 Å². The predicted molar refractivity (Wildman–Crippen MR) is 53.7 cm³/mol. The van der Waals surface area contributed by atoms with E-state index in [1.165, 1.54) is 24.5 Å². The van der Waals surface area contributed by atoms with Crippen LogP contribution in [0.1, 0.15) is 12.5 Å². The predicted octanol–water partition coefficient (Wildman–Crippen LogP) is 2.61. The van der Waals surface area contributed by atoms with E-state index < -0.39 is 0 Å². The molecular weight excluding hydrogens is 184 g/mol. The van der Waals surface area contributed by atoms with Gasteiger partial charge in [0, 0.05) is 16.9 Å². The second-order valence-corrected chi connectivity index (χ2v) is 3.73. The molecule has 0 atom stereocenters. The minimum absolute atomic E-state index is 0.0413. The van der Waals surface area contributed by atoms with Gasteiger partial charge in [-0.15, -0.1) is 0 Å². The minimum Gasteiger partial charge on any atom is -0.302 e. The first kappa shape index (κ1) is 10.3. The van der Waals surface area contributed by atoms with E-state index in [-0.39, 0.29) is 12.4 Å². The summed E-state index contributed by atoms with van der Waals surface area (Å²) >= 11 is 1.24. The third kappa shape index (κ3) is 4.10. The number of benzene rings is 1. The summed E-state index contributed by atoms with van der Waals surface area (Å²) in [6, 6.07) is 7.97. The van der Waals surface area contributed by atoms with Crippen LogP contribution in [0.2, 0.25) is 0 Å². The average Bonchev–Trinajstić information content (AvgIpc) is 2.08. The third-order valence-electron chi connectivity index (χ3n) is 1.44. The van der Waals surface area contributed by atoms with Crippen molar-refractivity contribution in [3.8, 4) is 0 Å². The molecule has 13 heavy (non-hydrogen) atoms. The molecule has 0 spiro atoms. The number of ketones is 1. The van der Waals surface area contributed by atoms with Crippen molar-refractivity contribution in [1.82, 2.24) is 0 Å². The zero-order valence-electron chi connectivity index (χ0n) is 7.74. The van der Waals surface area contributed by atoms with Gasteiger partial charge in [0.05, 0.1) is 0 Å². The molecule has 70 valence electrons. The largest absolute Gasteiger partial charge is 0.302 e. The summed E-state index contributed by atoms with van der Waals surface area (Å²) in [4.78, 5) is 11.6. The van der Waals surface area contributed by atoms with Gasteiger partial charge < -0.3 is 4.18 Å². The van der Waals surface area contributed by atoms with Crippen molar-refractivity contribution in [2.45, 2.75) is 18.7 Å². The van der Waals surface area contributed by atoms with Crippen molar-refractivity contribution < 1.29 is 8.98 Å². The van der Waals surface area contributed by atoms with E-state index in [1.54, 1.807) is 0 Å². The van der Waals surface area contributed by atoms with E-state index in [1.807, 2.05) is 31.2 Å². The molecule has 1 aromatic rings. The molecule has 0 aliphatic heterocycles. The van der Waals surface area contributed by atoms with Gasteiger partial charge in [0.1, 0.15) is 6.61 Å². The fourth-order valence-electron chi connectivity index (χ4n) is 0.774. The van der Waals surface area contributed by atoms with Gasteiger partial charge in [-0.1, -0.05) is 17.7 Å². The van der Waals surface area contributed by atoms with E-state index in [0.717, 1.165) is 4.90 Å². The molecule has 0 aliphatic carbocycles. The highest BCUT2D eigenvalue weighted by Gasteiger charge is 1.96. The lowest BCUT2D eigenvalue weighted by atomic mass is 10.2. The summed E-state index contributed by atoms with van der Waals surface area (Å²) in [5.74, 6) is 0.0413. The molecule has 0 amide bonds. The van der Waals surface area contributed by atoms with E-state index >= 15 is 0 Å². The first-order chi connectivity index (χ1) is 6.18. The van der Waals surface area contributed by atoms with E-state index in [0.29, 0.717) is 0 Å². The van der Waals surface area contributed by atoms with Gasteiger partial charge in [0.15, 0.2) is 5.78 Å². The van der Waals surface area contributed by atoms with Gasteiger partial charge in [-0.3, -0.25) is 4.79 Å². The van der Waals surface area contributed by atoms with Crippen molar-refractivity contribution in [1.29, 1.82) is 0 Å². The van der Waals surface area contributed by atoms with E-state index in [9.17, 15) is 4.79 Å².